The van der Waals surface area contributed by atoms with E-state index >= 15 is 0 Å². The fourth-order valence-electron chi connectivity index (χ4n) is 2.22. The number of esters is 1. The highest BCUT2D eigenvalue weighted by Gasteiger charge is 2.23. The Hall–Kier alpha value is -2.01. The first-order valence-electron chi connectivity index (χ1n) is 6.55. The summed E-state index contributed by atoms with van der Waals surface area (Å²) in [6.07, 6.45) is 0. The first kappa shape index (κ1) is 14.4. The normalized spacial score (nSPS) is 12.4. The molecule has 1 atom stereocenters. The quantitative estimate of drug-likeness (QED) is 0.851. The van der Waals surface area contributed by atoms with Crippen molar-refractivity contribution < 1.29 is 18.4 Å². The van der Waals surface area contributed by atoms with Crippen molar-refractivity contribution in [3.05, 3.63) is 46.8 Å². The van der Waals surface area contributed by atoms with Crippen LogP contribution in [-0.4, -0.2) is 19.6 Å². The Bertz CT molecular complexity index is 597. The molecule has 0 saturated carbocycles. The van der Waals surface area contributed by atoms with Gasteiger partial charge in [-0.1, -0.05) is 6.92 Å². The summed E-state index contributed by atoms with van der Waals surface area (Å²) < 4.78 is 15.8. The highest BCUT2D eigenvalue weighted by atomic mass is 16.5. The third-order valence-electron chi connectivity index (χ3n) is 3.10. The zero-order chi connectivity index (χ0) is 14.7. The Balaban J connectivity index is 2.36. The minimum Gasteiger partial charge on any atom is -0.466 e. The fraction of sp³-hybridized carbons (Fsp3) is 0.400. The smallest absolute Gasteiger partial charge is 0.373 e. The van der Waals surface area contributed by atoms with Gasteiger partial charge in [0.25, 0.3) is 0 Å². The highest BCUT2D eigenvalue weighted by Crippen LogP contribution is 2.28. The minimum absolute atomic E-state index is 0.143. The average molecular weight is 277 g/mol. The lowest BCUT2D eigenvalue weighted by molar-refractivity contribution is 0.0562. The van der Waals surface area contributed by atoms with Crippen molar-refractivity contribution >= 4 is 5.97 Å². The number of rotatable bonds is 5. The third kappa shape index (κ3) is 2.77. The van der Waals surface area contributed by atoms with E-state index in [0.29, 0.717) is 5.76 Å². The molecule has 0 radical (unpaired) electrons. The van der Waals surface area contributed by atoms with Crippen LogP contribution in [0.2, 0.25) is 0 Å². The molecule has 2 rings (SSSR count). The van der Waals surface area contributed by atoms with E-state index in [1.54, 1.807) is 12.1 Å². The van der Waals surface area contributed by atoms with Gasteiger partial charge in [-0.05, 0) is 38.6 Å². The third-order valence-corrected chi connectivity index (χ3v) is 3.10. The Morgan fingerprint density at radius 3 is 2.65 bits per heavy atom. The summed E-state index contributed by atoms with van der Waals surface area (Å²) >= 11 is 0. The lowest BCUT2D eigenvalue weighted by Crippen LogP contribution is -2.21. The number of methoxy groups -OCH3 is 1. The maximum Gasteiger partial charge on any atom is 0.373 e. The molecule has 5 heteroatoms. The molecule has 20 heavy (non-hydrogen) atoms. The van der Waals surface area contributed by atoms with E-state index in [1.807, 2.05) is 26.8 Å². The number of hydrogen-bond donors (Lipinski definition) is 1. The molecule has 0 fully saturated rings. The van der Waals surface area contributed by atoms with Crippen molar-refractivity contribution in [3.8, 4) is 0 Å². The maximum atomic E-state index is 11.5. The molecule has 1 unspecified atom stereocenters. The number of aryl methyl sites for hydroxylation is 2. The number of ether oxygens (including phenoxy) is 1. The van der Waals surface area contributed by atoms with Crippen molar-refractivity contribution in [2.45, 2.75) is 26.8 Å². The Kier molecular flexibility index (Phi) is 4.29. The number of carbonyl (C=O) groups is 1. The molecule has 2 aromatic heterocycles. The molecule has 0 aliphatic heterocycles. The van der Waals surface area contributed by atoms with Crippen LogP contribution in [-0.2, 0) is 4.74 Å². The van der Waals surface area contributed by atoms with E-state index in [1.165, 1.54) is 7.11 Å². The topological polar surface area (TPSA) is 64.6 Å². The molecule has 108 valence electrons. The van der Waals surface area contributed by atoms with Gasteiger partial charge < -0.3 is 18.9 Å². The van der Waals surface area contributed by atoms with Gasteiger partial charge in [0.1, 0.15) is 17.3 Å². The SMILES string of the molecule is CCNC(c1ccc(C(=O)OC)o1)c1cc(C)oc1C. The van der Waals surface area contributed by atoms with Gasteiger partial charge in [-0.3, -0.25) is 0 Å². The lowest BCUT2D eigenvalue weighted by Gasteiger charge is -2.14. The number of nitrogens with one attached hydrogen (secondary N) is 1. The summed E-state index contributed by atoms with van der Waals surface area (Å²) in [5, 5.41) is 3.33. The summed E-state index contributed by atoms with van der Waals surface area (Å²) in [7, 11) is 1.33. The first-order chi connectivity index (χ1) is 9.56. The van der Waals surface area contributed by atoms with Gasteiger partial charge in [0.15, 0.2) is 0 Å². The predicted molar refractivity (Wildman–Crippen MR) is 73.7 cm³/mol. The Labute approximate surface area is 117 Å². The van der Waals surface area contributed by atoms with Gasteiger partial charge >= 0.3 is 5.97 Å². The van der Waals surface area contributed by atoms with Crippen LogP contribution < -0.4 is 5.32 Å². The van der Waals surface area contributed by atoms with E-state index in [9.17, 15) is 4.79 Å². The van der Waals surface area contributed by atoms with E-state index in [2.05, 4.69) is 10.1 Å². The summed E-state index contributed by atoms with van der Waals surface area (Å²) in [5.41, 5.74) is 1.01. The van der Waals surface area contributed by atoms with E-state index < -0.39 is 5.97 Å². The van der Waals surface area contributed by atoms with Crippen molar-refractivity contribution in [1.29, 1.82) is 0 Å². The molecule has 0 aromatic carbocycles. The van der Waals surface area contributed by atoms with Gasteiger partial charge in [-0.15, -0.1) is 0 Å². The maximum absolute atomic E-state index is 11.5. The van der Waals surface area contributed by atoms with E-state index in [-0.39, 0.29) is 11.8 Å². The van der Waals surface area contributed by atoms with Gasteiger partial charge in [-0.2, -0.15) is 0 Å². The summed E-state index contributed by atoms with van der Waals surface area (Å²) in [6.45, 7) is 6.60. The van der Waals surface area contributed by atoms with Crippen molar-refractivity contribution in [2.75, 3.05) is 13.7 Å². The minimum atomic E-state index is -0.480. The van der Waals surface area contributed by atoms with Crippen LogP contribution in [0.4, 0.5) is 0 Å². The zero-order valence-electron chi connectivity index (χ0n) is 12.1. The molecule has 5 nitrogen and oxygen atoms in total. The van der Waals surface area contributed by atoms with Gasteiger partial charge in [0.05, 0.1) is 13.2 Å². The number of carbonyl (C=O) groups excluding carboxylic acids is 1. The lowest BCUT2D eigenvalue weighted by atomic mass is 10.1. The van der Waals surface area contributed by atoms with Gasteiger partial charge in [0.2, 0.25) is 5.76 Å². The van der Waals surface area contributed by atoms with Gasteiger partial charge in [0, 0.05) is 5.56 Å². The number of hydrogen-bond acceptors (Lipinski definition) is 5. The molecule has 1 N–H and O–H groups in total. The van der Waals surface area contributed by atoms with Gasteiger partial charge in [-0.25, -0.2) is 4.79 Å². The summed E-state index contributed by atoms with van der Waals surface area (Å²) in [4.78, 5) is 11.5. The monoisotopic (exact) mass is 277 g/mol. The fourth-order valence-corrected chi connectivity index (χ4v) is 2.22. The largest absolute Gasteiger partial charge is 0.466 e. The van der Waals surface area contributed by atoms with Crippen molar-refractivity contribution in [1.82, 2.24) is 5.32 Å². The molecule has 0 aliphatic carbocycles. The molecule has 2 heterocycles. The van der Waals surface area contributed by atoms with Crippen molar-refractivity contribution in [2.24, 2.45) is 0 Å². The second-order valence-electron chi connectivity index (χ2n) is 4.55. The molecule has 0 amide bonds. The Morgan fingerprint density at radius 2 is 2.10 bits per heavy atom. The molecule has 0 saturated heterocycles. The van der Waals surface area contributed by atoms with Crippen LogP contribution in [0.3, 0.4) is 0 Å². The van der Waals surface area contributed by atoms with Crippen LogP contribution in [0, 0.1) is 13.8 Å². The van der Waals surface area contributed by atoms with Crippen LogP contribution >= 0.6 is 0 Å². The molecule has 2 aromatic rings. The van der Waals surface area contributed by atoms with Crippen LogP contribution in [0.25, 0.3) is 0 Å². The molecular weight excluding hydrogens is 258 g/mol. The first-order valence-corrected chi connectivity index (χ1v) is 6.55. The second-order valence-corrected chi connectivity index (χ2v) is 4.55. The molecule has 0 spiro atoms. The second kappa shape index (κ2) is 5.96. The molecule has 0 bridgehead atoms. The van der Waals surface area contributed by atoms with Crippen LogP contribution in [0.1, 0.15) is 46.4 Å². The van der Waals surface area contributed by atoms with Crippen LogP contribution in [0.15, 0.2) is 27.0 Å². The standard InChI is InChI=1S/C15H19NO4/c1-5-16-14(11-8-9(2)19-10(11)3)12-6-7-13(20-12)15(17)18-4/h6-8,14,16H,5H2,1-4H3. The van der Waals surface area contributed by atoms with Crippen molar-refractivity contribution in [3.63, 3.8) is 0 Å². The molecule has 0 aliphatic rings. The van der Waals surface area contributed by atoms with E-state index in [4.69, 9.17) is 8.83 Å². The highest BCUT2D eigenvalue weighted by molar-refractivity contribution is 5.86. The number of furan rings is 2. The summed E-state index contributed by atoms with van der Waals surface area (Å²) in [5.74, 6) is 2.07. The zero-order valence-corrected chi connectivity index (χ0v) is 12.1. The predicted octanol–water partition coefficient (Wildman–Crippen LogP) is 2.97. The summed E-state index contributed by atoms with van der Waals surface area (Å²) in [6, 6.07) is 5.23. The average Bonchev–Trinajstić information content (AvgIpc) is 3.02. The Morgan fingerprint density at radius 1 is 1.35 bits per heavy atom. The van der Waals surface area contributed by atoms with E-state index in [0.717, 1.165) is 23.6 Å². The molecular formula is C15H19NO4. The van der Waals surface area contributed by atoms with Crippen LogP contribution in [0.5, 0.6) is 0 Å².